The van der Waals surface area contributed by atoms with E-state index in [9.17, 15) is 0 Å². The molecule has 15 heavy (non-hydrogen) atoms. The van der Waals surface area contributed by atoms with E-state index in [0.29, 0.717) is 18.0 Å². The number of nitrogens with zero attached hydrogens (tertiary/aromatic N) is 1. The Morgan fingerprint density at radius 3 is 2.60 bits per heavy atom. The maximum atomic E-state index is 4.75. The standard InChI is InChI=1S/C12H22N2S/c1-9(2)11-8-15-12(14-11)13-10-6-4-3-5-7-10/h9-11H,3-8H2,1-2H3,(H,13,14). The molecule has 0 radical (unpaired) electrons. The first-order valence-electron chi connectivity index (χ1n) is 6.23. The lowest BCUT2D eigenvalue weighted by molar-refractivity contribution is 0.414. The number of amidine groups is 1. The molecule has 86 valence electrons. The van der Waals surface area contributed by atoms with Gasteiger partial charge in [-0.05, 0) is 18.8 Å². The molecule has 2 rings (SSSR count). The number of thioether (sulfide) groups is 1. The van der Waals surface area contributed by atoms with Gasteiger partial charge in [0.2, 0.25) is 0 Å². The summed E-state index contributed by atoms with van der Waals surface area (Å²) >= 11 is 1.91. The zero-order chi connectivity index (χ0) is 10.7. The Balaban J connectivity index is 1.81. The molecule has 1 N–H and O–H groups in total. The first-order valence-corrected chi connectivity index (χ1v) is 7.21. The summed E-state index contributed by atoms with van der Waals surface area (Å²) in [5.41, 5.74) is 0. The molecule has 0 spiro atoms. The average molecular weight is 226 g/mol. The second-order valence-electron chi connectivity index (χ2n) is 5.04. The summed E-state index contributed by atoms with van der Waals surface area (Å²) in [4.78, 5) is 4.75. The Hall–Kier alpha value is -0.180. The highest BCUT2D eigenvalue weighted by molar-refractivity contribution is 8.14. The molecule has 0 amide bonds. The van der Waals surface area contributed by atoms with Gasteiger partial charge in [-0.25, -0.2) is 0 Å². The smallest absolute Gasteiger partial charge is 0.157 e. The third kappa shape index (κ3) is 3.13. The molecule has 1 saturated carbocycles. The number of aliphatic imine (C=N–C) groups is 1. The molecule has 3 heteroatoms. The van der Waals surface area contributed by atoms with Crippen LogP contribution in [0, 0.1) is 5.92 Å². The van der Waals surface area contributed by atoms with E-state index in [1.807, 2.05) is 11.8 Å². The second-order valence-corrected chi connectivity index (χ2v) is 6.04. The summed E-state index contributed by atoms with van der Waals surface area (Å²) in [6, 6.07) is 1.25. The summed E-state index contributed by atoms with van der Waals surface area (Å²) < 4.78 is 0. The Morgan fingerprint density at radius 2 is 2.00 bits per heavy atom. The van der Waals surface area contributed by atoms with Crippen molar-refractivity contribution < 1.29 is 0 Å². The van der Waals surface area contributed by atoms with Crippen LogP contribution in [0.15, 0.2) is 4.99 Å². The lowest BCUT2D eigenvalue weighted by Crippen LogP contribution is -2.34. The number of nitrogens with one attached hydrogen (secondary N) is 1. The first-order chi connectivity index (χ1) is 7.25. The fourth-order valence-electron chi connectivity index (χ4n) is 2.23. The monoisotopic (exact) mass is 226 g/mol. The van der Waals surface area contributed by atoms with Crippen LogP contribution in [0.25, 0.3) is 0 Å². The third-order valence-electron chi connectivity index (χ3n) is 3.38. The first kappa shape index (κ1) is 11.3. The maximum absolute atomic E-state index is 4.75. The Bertz CT molecular complexity index is 232. The van der Waals surface area contributed by atoms with Crippen molar-refractivity contribution in [2.75, 3.05) is 5.75 Å². The van der Waals surface area contributed by atoms with Crippen LogP contribution in [0.1, 0.15) is 46.0 Å². The van der Waals surface area contributed by atoms with Gasteiger partial charge in [-0.15, -0.1) is 0 Å². The molecule has 0 aromatic rings. The maximum Gasteiger partial charge on any atom is 0.157 e. The fraction of sp³-hybridized carbons (Fsp3) is 0.917. The van der Waals surface area contributed by atoms with Crippen LogP contribution in [0.2, 0.25) is 0 Å². The molecular formula is C12H22N2S. The second kappa shape index (κ2) is 5.24. The minimum Gasteiger partial charge on any atom is -0.362 e. The highest BCUT2D eigenvalue weighted by atomic mass is 32.2. The van der Waals surface area contributed by atoms with Gasteiger partial charge in [-0.1, -0.05) is 44.9 Å². The van der Waals surface area contributed by atoms with Gasteiger partial charge in [0.25, 0.3) is 0 Å². The SMILES string of the molecule is CC(C)C1CSC(NC2CCCCC2)=N1. The highest BCUT2D eigenvalue weighted by Gasteiger charge is 2.23. The van der Waals surface area contributed by atoms with Crippen LogP contribution < -0.4 is 5.32 Å². The number of rotatable bonds is 2. The Kier molecular flexibility index (Phi) is 3.95. The van der Waals surface area contributed by atoms with Gasteiger partial charge in [0, 0.05) is 11.8 Å². The Morgan fingerprint density at radius 1 is 1.27 bits per heavy atom. The quantitative estimate of drug-likeness (QED) is 0.782. The summed E-state index contributed by atoms with van der Waals surface area (Å²) in [6.45, 7) is 4.52. The van der Waals surface area contributed by atoms with E-state index in [0.717, 1.165) is 0 Å². The van der Waals surface area contributed by atoms with Gasteiger partial charge < -0.3 is 5.32 Å². The predicted octanol–water partition coefficient (Wildman–Crippen LogP) is 3.04. The lowest BCUT2D eigenvalue weighted by Gasteiger charge is -2.23. The molecule has 0 aromatic carbocycles. The molecule has 0 aromatic heterocycles. The van der Waals surface area contributed by atoms with Gasteiger partial charge in [0.1, 0.15) is 0 Å². The summed E-state index contributed by atoms with van der Waals surface area (Å²) in [7, 11) is 0. The predicted molar refractivity (Wildman–Crippen MR) is 68.5 cm³/mol. The zero-order valence-corrected chi connectivity index (χ0v) is 10.6. The van der Waals surface area contributed by atoms with Gasteiger partial charge in [-0.2, -0.15) is 0 Å². The molecule has 1 unspecified atom stereocenters. The summed E-state index contributed by atoms with van der Waals surface area (Å²) in [5.74, 6) is 1.86. The number of hydrogen-bond donors (Lipinski definition) is 1. The molecule has 2 aliphatic rings. The van der Waals surface area contributed by atoms with E-state index in [4.69, 9.17) is 4.99 Å². The van der Waals surface area contributed by atoms with E-state index in [-0.39, 0.29) is 0 Å². The normalized spacial score (nSPS) is 28.2. The average Bonchev–Trinajstić information content (AvgIpc) is 2.68. The molecule has 1 aliphatic carbocycles. The van der Waals surface area contributed by atoms with Gasteiger partial charge in [0.05, 0.1) is 6.04 Å². The topological polar surface area (TPSA) is 24.4 Å². The van der Waals surface area contributed by atoms with Crippen LogP contribution in [-0.2, 0) is 0 Å². The van der Waals surface area contributed by atoms with Gasteiger partial charge in [0.15, 0.2) is 5.17 Å². The van der Waals surface area contributed by atoms with E-state index in [1.165, 1.54) is 43.0 Å². The molecule has 2 nitrogen and oxygen atoms in total. The zero-order valence-electron chi connectivity index (χ0n) is 9.83. The summed E-state index contributed by atoms with van der Waals surface area (Å²) in [5, 5.41) is 4.82. The molecule has 0 bridgehead atoms. The van der Waals surface area contributed by atoms with Crippen molar-refractivity contribution in [3.63, 3.8) is 0 Å². The van der Waals surface area contributed by atoms with Gasteiger partial charge in [-0.3, -0.25) is 4.99 Å². The van der Waals surface area contributed by atoms with E-state index in [1.54, 1.807) is 0 Å². The van der Waals surface area contributed by atoms with E-state index >= 15 is 0 Å². The molecule has 1 atom stereocenters. The van der Waals surface area contributed by atoms with E-state index < -0.39 is 0 Å². The van der Waals surface area contributed by atoms with Crippen molar-refractivity contribution in [3.05, 3.63) is 0 Å². The minimum absolute atomic E-state index is 0.543. The fourth-order valence-corrected chi connectivity index (χ4v) is 3.48. The van der Waals surface area contributed by atoms with Crippen LogP contribution in [0.3, 0.4) is 0 Å². The number of hydrogen-bond acceptors (Lipinski definition) is 3. The van der Waals surface area contributed by atoms with Gasteiger partial charge >= 0.3 is 0 Å². The van der Waals surface area contributed by atoms with Crippen molar-refractivity contribution >= 4 is 16.9 Å². The third-order valence-corrected chi connectivity index (χ3v) is 4.38. The largest absolute Gasteiger partial charge is 0.362 e. The van der Waals surface area contributed by atoms with Crippen molar-refractivity contribution in [2.45, 2.75) is 58.0 Å². The van der Waals surface area contributed by atoms with Crippen LogP contribution >= 0.6 is 11.8 Å². The molecule has 1 heterocycles. The molecule has 0 saturated heterocycles. The molecule has 1 aliphatic heterocycles. The van der Waals surface area contributed by atoms with Crippen LogP contribution in [0.5, 0.6) is 0 Å². The molecule has 1 fully saturated rings. The van der Waals surface area contributed by atoms with Crippen molar-refractivity contribution in [1.82, 2.24) is 5.32 Å². The molecular weight excluding hydrogens is 204 g/mol. The highest BCUT2D eigenvalue weighted by Crippen LogP contribution is 2.24. The van der Waals surface area contributed by atoms with Crippen molar-refractivity contribution in [1.29, 1.82) is 0 Å². The Labute approximate surface area is 97.3 Å². The lowest BCUT2D eigenvalue weighted by atomic mass is 9.96. The minimum atomic E-state index is 0.543. The van der Waals surface area contributed by atoms with Crippen molar-refractivity contribution in [2.24, 2.45) is 10.9 Å². The van der Waals surface area contributed by atoms with Crippen LogP contribution in [0.4, 0.5) is 0 Å². The van der Waals surface area contributed by atoms with E-state index in [2.05, 4.69) is 19.2 Å². The van der Waals surface area contributed by atoms with Crippen LogP contribution in [-0.4, -0.2) is 23.0 Å². The summed E-state index contributed by atoms with van der Waals surface area (Å²) in [6.07, 6.45) is 6.89. The van der Waals surface area contributed by atoms with Crippen molar-refractivity contribution in [3.8, 4) is 0 Å².